The van der Waals surface area contributed by atoms with Crippen molar-refractivity contribution in [3.8, 4) is 0 Å². The van der Waals surface area contributed by atoms with Crippen molar-refractivity contribution in [1.82, 2.24) is 16.0 Å². The van der Waals surface area contributed by atoms with E-state index in [0.717, 1.165) is 31.8 Å². The van der Waals surface area contributed by atoms with Crippen LogP contribution in [-0.4, -0.2) is 55.5 Å². The van der Waals surface area contributed by atoms with Crippen molar-refractivity contribution in [2.75, 3.05) is 32.8 Å². The van der Waals surface area contributed by atoms with Gasteiger partial charge in [0.25, 0.3) is 0 Å². The lowest BCUT2D eigenvalue weighted by atomic mass is 9.94. The SMILES string of the molecule is CCNC(=NCC(CCO)CC(C)C)NCCCNC(=O)OC(C)(C)C.I. The van der Waals surface area contributed by atoms with Gasteiger partial charge in [0.05, 0.1) is 0 Å². The van der Waals surface area contributed by atoms with E-state index in [1.54, 1.807) is 0 Å². The van der Waals surface area contributed by atoms with Crippen molar-refractivity contribution in [3.63, 3.8) is 0 Å². The molecular weight excluding hydrogens is 459 g/mol. The third-order valence-corrected chi connectivity index (χ3v) is 3.51. The Bertz CT molecular complexity index is 412. The van der Waals surface area contributed by atoms with E-state index in [-0.39, 0.29) is 30.6 Å². The summed E-state index contributed by atoms with van der Waals surface area (Å²) < 4.78 is 5.20. The van der Waals surface area contributed by atoms with E-state index < -0.39 is 11.7 Å². The van der Waals surface area contributed by atoms with Crippen LogP contribution in [0.25, 0.3) is 0 Å². The topological polar surface area (TPSA) is 95.0 Å². The van der Waals surface area contributed by atoms with Crippen molar-refractivity contribution in [3.05, 3.63) is 0 Å². The Kier molecular flexibility index (Phi) is 17.1. The van der Waals surface area contributed by atoms with Crippen LogP contribution in [0.2, 0.25) is 0 Å². The van der Waals surface area contributed by atoms with Crippen LogP contribution < -0.4 is 16.0 Å². The monoisotopic (exact) mass is 500 g/mol. The highest BCUT2D eigenvalue weighted by Crippen LogP contribution is 2.15. The Morgan fingerprint density at radius 2 is 1.78 bits per heavy atom. The molecule has 8 heteroatoms. The van der Waals surface area contributed by atoms with Gasteiger partial charge in [-0.15, -0.1) is 24.0 Å². The first-order valence-corrected chi connectivity index (χ1v) is 9.77. The quantitative estimate of drug-likeness (QED) is 0.151. The van der Waals surface area contributed by atoms with Gasteiger partial charge in [0.2, 0.25) is 0 Å². The van der Waals surface area contributed by atoms with E-state index in [9.17, 15) is 9.90 Å². The third-order valence-electron chi connectivity index (χ3n) is 3.51. The minimum Gasteiger partial charge on any atom is -0.444 e. The Hall–Kier alpha value is -0.770. The van der Waals surface area contributed by atoms with Gasteiger partial charge < -0.3 is 25.8 Å². The molecule has 1 unspecified atom stereocenters. The number of halogens is 1. The lowest BCUT2D eigenvalue weighted by molar-refractivity contribution is 0.0527. The zero-order valence-electron chi connectivity index (χ0n) is 17.9. The lowest BCUT2D eigenvalue weighted by Crippen LogP contribution is -2.39. The van der Waals surface area contributed by atoms with Gasteiger partial charge in [-0.2, -0.15) is 0 Å². The third kappa shape index (κ3) is 18.4. The maximum Gasteiger partial charge on any atom is 0.407 e. The molecule has 0 rings (SSSR count). The molecular formula is C19H41IN4O3. The van der Waals surface area contributed by atoms with E-state index in [4.69, 9.17) is 4.74 Å². The molecule has 0 aromatic heterocycles. The fraction of sp³-hybridized carbons (Fsp3) is 0.895. The van der Waals surface area contributed by atoms with Crippen LogP contribution in [0.15, 0.2) is 4.99 Å². The predicted molar refractivity (Wildman–Crippen MR) is 123 cm³/mol. The Morgan fingerprint density at radius 1 is 1.15 bits per heavy atom. The summed E-state index contributed by atoms with van der Waals surface area (Å²) in [5.41, 5.74) is -0.478. The standard InChI is InChI=1S/C19H40N4O3.HI/c1-7-20-17(23-14-16(9-12-24)13-15(2)3)21-10-8-11-22-18(25)26-19(4,5)6;/h15-16,24H,7-14H2,1-6H3,(H,22,25)(H2,20,21,23);1H. The van der Waals surface area contributed by atoms with Crippen molar-refractivity contribution < 1.29 is 14.6 Å². The summed E-state index contributed by atoms with van der Waals surface area (Å²) in [5.74, 6) is 1.76. The van der Waals surface area contributed by atoms with Crippen LogP contribution in [0.4, 0.5) is 4.79 Å². The number of aliphatic hydroxyl groups excluding tert-OH is 1. The van der Waals surface area contributed by atoms with Gasteiger partial charge >= 0.3 is 6.09 Å². The first-order valence-electron chi connectivity index (χ1n) is 9.77. The van der Waals surface area contributed by atoms with E-state index in [0.29, 0.717) is 31.5 Å². The Morgan fingerprint density at radius 3 is 2.30 bits per heavy atom. The number of carbonyl (C=O) groups excluding carboxylic acids is 1. The highest BCUT2D eigenvalue weighted by Gasteiger charge is 2.15. The molecule has 162 valence electrons. The molecule has 0 heterocycles. The summed E-state index contributed by atoms with van der Waals surface area (Å²) in [6.45, 7) is 14.9. The van der Waals surface area contributed by atoms with Gasteiger partial charge in [-0.3, -0.25) is 4.99 Å². The molecule has 4 N–H and O–H groups in total. The summed E-state index contributed by atoms with van der Waals surface area (Å²) in [4.78, 5) is 16.2. The van der Waals surface area contributed by atoms with Crippen molar-refractivity contribution >= 4 is 36.0 Å². The van der Waals surface area contributed by atoms with Gasteiger partial charge in [0, 0.05) is 32.8 Å². The number of carbonyl (C=O) groups is 1. The predicted octanol–water partition coefficient (Wildman–Crippen LogP) is 3.12. The molecule has 0 aromatic carbocycles. The van der Waals surface area contributed by atoms with Crippen LogP contribution in [0, 0.1) is 11.8 Å². The number of hydrogen-bond donors (Lipinski definition) is 4. The summed E-state index contributed by atoms with van der Waals surface area (Å²) in [6, 6.07) is 0. The molecule has 0 saturated carbocycles. The number of alkyl carbamates (subject to hydrolysis) is 1. The fourth-order valence-corrected chi connectivity index (χ4v) is 2.49. The minimum atomic E-state index is -0.478. The highest BCUT2D eigenvalue weighted by atomic mass is 127. The molecule has 1 amide bonds. The van der Waals surface area contributed by atoms with Gasteiger partial charge in [0.15, 0.2) is 5.96 Å². The van der Waals surface area contributed by atoms with Crippen molar-refractivity contribution in [1.29, 1.82) is 0 Å². The summed E-state index contributed by atoms with van der Waals surface area (Å²) in [7, 11) is 0. The average Bonchev–Trinajstić information content (AvgIpc) is 2.49. The molecule has 0 radical (unpaired) electrons. The first kappa shape index (κ1) is 28.4. The maximum atomic E-state index is 11.6. The summed E-state index contributed by atoms with van der Waals surface area (Å²) in [6.07, 6.45) is 2.22. The smallest absolute Gasteiger partial charge is 0.407 e. The van der Waals surface area contributed by atoms with E-state index in [2.05, 4.69) is 34.8 Å². The number of hydrogen-bond acceptors (Lipinski definition) is 4. The van der Waals surface area contributed by atoms with E-state index in [1.165, 1.54) is 0 Å². The molecule has 0 aliphatic heterocycles. The Labute approximate surface area is 182 Å². The molecule has 0 bridgehead atoms. The van der Waals surface area contributed by atoms with Gasteiger partial charge in [-0.05, 0) is 58.8 Å². The number of nitrogens with one attached hydrogen (secondary N) is 3. The second kappa shape index (κ2) is 16.2. The van der Waals surface area contributed by atoms with Crippen molar-refractivity contribution in [2.24, 2.45) is 16.8 Å². The number of amides is 1. The number of guanidine groups is 1. The molecule has 27 heavy (non-hydrogen) atoms. The highest BCUT2D eigenvalue weighted by molar-refractivity contribution is 14.0. The van der Waals surface area contributed by atoms with Crippen LogP contribution in [-0.2, 0) is 4.74 Å². The molecule has 0 fully saturated rings. The van der Waals surface area contributed by atoms with Crippen LogP contribution in [0.1, 0.15) is 60.8 Å². The maximum absolute atomic E-state index is 11.6. The van der Waals surface area contributed by atoms with Gasteiger partial charge in [0.1, 0.15) is 5.60 Å². The average molecular weight is 500 g/mol. The van der Waals surface area contributed by atoms with Crippen LogP contribution in [0.3, 0.4) is 0 Å². The summed E-state index contributed by atoms with van der Waals surface area (Å²) >= 11 is 0. The molecule has 7 nitrogen and oxygen atoms in total. The number of nitrogens with zero attached hydrogens (tertiary/aromatic N) is 1. The number of rotatable bonds is 11. The zero-order chi connectivity index (χ0) is 20.0. The van der Waals surface area contributed by atoms with Crippen molar-refractivity contribution in [2.45, 2.75) is 66.4 Å². The molecule has 0 aliphatic carbocycles. The minimum absolute atomic E-state index is 0. The summed E-state index contributed by atoms with van der Waals surface area (Å²) in [5, 5.41) is 18.5. The second-order valence-electron chi connectivity index (χ2n) is 7.94. The molecule has 0 spiro atoms. The zero-order valence-corrected chi connectivity index (χ0v) is 20.3. The first-order chi connectivity index (χ1) is 12.2. The number of aliphatic hydroxyl groups is 1. The Balaban J connectivity index is 0. The fourth-order valence-electron chi connectivity index (χ4n) is 2.49. The second-order valence-corrected chi connectivity index (χ2v) is 7.94. The van der Waals surface area contributed by atoms with E-state index in [1.807, 2.05) is 27.7 Å². The van der Waals surface area contributed by atoms with Crippen LogP contribution in [0.5, 0.6) is 0 Å². The largest absolute Gasteiger partial charge is 0.444 e. The normalized spacial score (nSPS) is 13.0. The number of ether oxygens (including phenoxy) is 1. The molecule has 1 atom stereocenters. The van der Waals surface area contributed by atoms with E-state index >= 15 is 0 Å². The lowest BCUT2D eigenvalue weighted by Gasteiger charge is -2.20. The van der Waals surface area contributed by atoms with Crippen LogP contribution >= 0.6 is 24.0 Å². The molecule has 0 aromatic rings. The number of aliphatic imine (C=N–C) groups is 1. The van der Waals surface area contributed by atoms with Gasteiger partial charge in [-0.1, -0.05) is 13.8 Å². The molecule has 0 saturated heterocycles. The molecule has 0 aliphatic rings. The van der Waals surface area contributed by atoms with Gasteiger partial charge in [-0.25, -0.2) is 4.79 Å².